The smallest absolute Gasteiger partial charge is 0.226 e. The average Bonchev–Trinajstić information content (AvgIpc) is 3.22. The minimum absolute atomic E-state index is 0.134. The van der Waals surface area contributed by atoms with Crippen molar-refractivity contribution in [1.29, 1.82) is 0 Å². The molecule has 2 aromatic rings. The summed E-state index contributed by atoms with van der Waals surface area (Å²) in [6.45, 7) is 12.7. The molecule has 0 aliphatic rings. The van der Waals surface area contributed by atoms with Gasteiger partial charge in [-0.2, -0.15) is 4.98 Å². The first-order valence-electron chi connectivity index (χ1n) is 11.5. The number of carbonyl (C=O) groups is 1. The first kappa shape index (κ1) is 24.7. The molecular weight excluding hydrogens is 394 g/mol. The Kier molecular flexibility index (Phi) is 10.3. The van der Waals surface area contributed by atoms with Gasteiger partial charge in [0.15, 0.2) is 17.3 Å². The third kappa shape index (κ3) is 7.89. The van der Waals surface area contributed by atoms with Crippen LogP contribution in [0.5, 0.6) is 11.5 Å². The van der Waals surface area contributed by atoms with Gasteiger partial charge in [-0.1, -0.05) is 38.9 Å². The van der Waals surface area contributed by atoms with Gasteiger partial charge < -0.3 is 18.9 Å². The van der Waals surface area contributed by atoms with Gasteiger partial charge in [0.1, 0.15) is 0 Å². The van der Waals surface area contributed by atoms with E-state index in [1.807, 2.05) is 43.9 Å². The predicted molar refractivity (Wildman–Crippen MR) is 120 cm³/mol. The van der Waals surface area contributed by atoms with E-state index in [9.17, 15) is 4.79 Å². The van der Waals surface area contributed by atoms with Crippen LogP contribution in [0.15, 0.2) is 22.7 Å². The number of ether oxygens (including phenoxy) is 2. The zero-order valence-electron chi connectivity index (χ0n) is 19.6. The van der Waals surface area contributed by atoms with Crippen LogP contribution in [0.2, 0.25) is 0 Å². The Morgan fingerprint density at radius 2 is 1.94 bits per heavy atom. The molecule has 0 aliphatic heterocycles. The van der Waals surface area contributed by atoms with Gasteiger partial charge in [-0.15, -0.1) is 0 Å². The number of benzene rings is 1. The zero-order chi connectivity index (χ0) is 22.6. The normalized spacial score (nSPS) is 11.0. The van der Waals surface area contributed by atoms with Crippen molar-refractivity contribution in [3.8, 4) is 11.5 Å². The summed E-state index contributed by atoms with van der Waals surface area (Å²) >= 11 is 0. The molecule has 1 amide bonds. The summed E-state index contributed by atoms with van der Waals surface area (Å²) < 4.78 is 16.8. The Hall–Kier alpha value is -2.57. The molecule has 7 nitrogen and oxygen atoms in total. The fourth-order valence-electron chi connectivity index (χ4n) is 3.19. The van der Waals surface area contributed by atoms with Gasteiger partial charge in [-0.25, -0.2) is 0 Å². The van der Waals surface area contributed by atoms with Crippen molar-refractivity contribution in [2.24, 2.45) is 0 Å². The second-order valence-electron chi connectivity index (χ2n) is 7.93. The second-order valence-corrected chi connectivity index (χ2v) is 7.93. The summed E-state index contributed by atoms with van der Waals surface area (Å²) in [5, 5.41) is 3.98. The second kappa shape index (κ2) is 13.0. The number of nitrogens with zero attached hydrogens (tertiary/aromatic N) is 3. The minimum Gasteiger partial charge on any atom is -0.490 e. The number of carbonyl (C=O) groups excluding carboxylic acids is 1. The van der Waals surface area contributed by atoms with Crippen LogP contribution in [0, 0.1) is 0 Å². The molecule has 1 aromatic carbocycles. The Bertz CT molecular complexity index is 804. The van der Waals surface area contributed by atoms with E-state index in [4.69, 9.17) is 14.0 Å². The van der Waals surface area contributed by atoms with Gasteiger partial charge in [0, 0.05) is 31.8 Å². The number of aromatic nitrogens is 2. The van der Waals surface area contributed by atoms with Crippen LogP contribution in [-0.2, 0) is 17.8 Å². The van der Waals surface area contributed by atoms with Crippen molar-refractivity contribution in [2.75, 3.05) is 19.8 Å². The fraction of sp³-hybridized carbons (Fsp3) is 0.625. The van der Waals surface area contributed by atoms with Crippen molar-refractivity contribution >= 4 is 5.91 Å². The molecule has 0 fully saturated rings. The van der Waals surface area contributed by atoms with Crippen LogP contribution >= 0.6 is 0 Å². The maximum Gasteiger partial charge on any atom is 0.226 e. The first-order chi connectivity index (χ1) is 15.0. The summed E-state index contributed by atoms with van der Waals surface area (Å²) in [5.41, 5.74) is 1.03. The van der Waals surface area contributed by atoms with Crippen molar-refractivity contribution in [1.82, 2.24) is 15.0 Å². The molecule has 0 atom stereocenters. The van der Waals surface area contributed by atoms with Crippen LogP contribution < -0.4 is 9.47 Å². The number of hydrogen-bond donors (Lipinski definition) is 0. The third-order valence-corrected chi connectivity index (χ3v) is 4.77. The summed E-state index contributed by atoms with van der Waals surface area (Å²) in [4.78, 5) is 19.2. The van der Waals surface area contributed by atoms with Gasteiger partial charge in [-0.05, 0) is 43.9 Å². The lowest BCUT2D eigenvalue weighted by atomic mass is 10.1. The van der Waals surface area contributed by atoms with E-state index >= 15 is 0 Å². The van der Waals surface area contributed by atoms with Gasteiger partial charge >= 0.3 is 0 Å². The molecule has 0 radical (unpaired) electrons. The molecule has 0 saturated heterocycles. The Morgan fingerprint density at radius 1 is 1.13 bits per heavy atom. The van der Waals surface area contributed by atoms with Crippen LogP contribution in [0.25, 0.3) is 0 Å². The zero-order valence-corrected chi connectivity index (χ0v) is 19.6. The molecule has 172 valence electrons. The van der Waals surface area contributed by atoms with Gasteiger partial charge in [0.05, 0.1) is 13.2 Å². The SMILES string of the molecule is CCCOc1ccc(CN(CCC)C(=O)CCCc2nc(C(C)C)no2)cc1OCC. The van der Waals surface area contributed by atoms with Crippen LogP contribution in [0.1, 0.15) is 83.5 Å². The third-order valence-electron chi connectivity index (χ3n) is 4.77. The summed E-state index contributed by atoms with van der Waals surface area (Å²) in [7, 11) is 0. The molecule has 0 spiro atoms. The van der Waals surface area contributed by atoms with E-state index in [-0.39, 0.29) is 11.8 Å². The monoisotopic (exact) mass is 431 g/mol. The highest BCUT2D eigenvalue weighted by Gasteiger charge is 2.16. The molecule has 0 aliphatic carbocycles. The highest BCUT2D eigenvalue weighted by atomic mass is 16.5. The lowest BCUT2D eigenvalue weighted by Crippen LogP contribution is -2.31. The molecular formula is C24H37N3O4. The van der Waals surface area contributed by atoms with E-state index in [0.717, 1.165) is 36.4 Å². The maximum absolute atomic E-state index is 12.9. The molecule has 2 rings (SSSR count). The quantitative estimate of drug-likeness (QED) is 0.412. The summed E-state index contributed by atoms with van der Waals surface area (Å²) in [5.74, 6) is 3.16. The van der Waals surface area contributed by atoms with Crippen molar-refractivity contribution < 1.29 is 18.8 Å². The summed E-state index contributed by atoms with van der Waals surface area (Å²) in [6.07, 6.45) is 3.60. The fourth-order valence-corrected chi connectivity index (χ4v) is 3.19. The molecule has 0 saturated carbocycles. The van der Waals surface area contributed by atoms with Crippen molar-refractivity contribution in [2.45, 2.75) is 79.2 Å². The standard InChI is InChI=1S/C24H37N3O4/c1-6-14-27(23(28)11-9-10-22-25-24(18(4)5)26-31-22)17-19-12-13-20(30-15-7-2)21(16-19)29-8-3/h12-13,16,18H,6-11,14-15,17H2,1-5H3. The topological polar surface area (TPSA) is 77.7 Å². The Morgan fingerprint density at radius 3 is 2.58 bits per heavy atom. The Balaban J connectivity index is 1.97. The molecule has 1 aromatic heterocycles. The summed E-state index contributed by atoms with van der Waals surface area (Å²) in [6, 6.07) is 5.93. The molecule has 0 N–H and O–H groups in total. The number of rotatable bonds is 14. The number of hydrogen-bond acceptors (Lipinski definition) is 6. The lowest BCUT2D eigenvalue weighted by Gasteiger charge is -2.23. The molecule has 0 unspecified atom stereocenters. The minimum atomic E-state index is 0.134. The maximum atomic E-state index is 12.9. The number of amides is 1. The van der Waals surface area contributed by atoms with Crippen LogP contribution in [0.3, 0.4) is 0 Å². The van der Waals surface area contributed by atoms with E-state index in [1.165, 1.54) is 0 Å². The van der Waals surface area contributed by atoms with E-state index in [2.05, 4.69) is 24.0 Å². The van der Waals surface area contributed by atoms with E-state index < -0.39 is 0 Å². The van der Waals surface area contributed by atoms with Gasteiger partial charge in [0.2, 0.25) is 11.8 Å². The highest BCUT2D eigenvalue weighted by Crippen LogP contribution is 2.29. The van der Waals surface area contributed by atoms with Crippen LogP contribution in [-0.4, -0.2) is 40.7 Å². The molecule has 0 bridgehead atoms. The Labute approximate surface area is 186 Å². The molecule has 1 heterocycles. The first-order valence-corrected chi connectivity index (χ1v) is 11.5. The average molecular weight is 432 g/mol. The van der Waals surface area contributed by atoms with Crippen molar-refractivity contribution in [3.63, 3.8) is 0 Å². The van der Waals surface area contributed by atoms with Crippen molar-refractivity contribution in [3.05, 3.63) is 35.5 Å². The van der Waals surface area contributed by atoms with Gasteiger partial charge in [0.25, 0.3) is 0 Å². The number of aryl methyl sites for hydroxylation is 1. The molecule has 7 heteroatoms. The van der Waals surface area contributed by atoms with E-state index in [1.54, 1.807) is 0 Å². The predicted octanol–water partition coefficient (Wildman–Crippen LogP) is 5.14. The van der Waals surface area contributed by atoms with Crippen LogP contribution in [0.4, 0.5) is 0 Å². The lowest BCUT2D eigenvalue weighted by molar-refractivity contribution is -0.132. The molecule has 31 heavy (non-hydrogen) atoms. The largest absolute Gasteiger partial charge is 0.490 e. The highest BCUT2D eigenvalue weighted by molar-refractivity contribution is 5.76. The van der Waals surface area contributed by atoms with E-state index in [0.29, 0.717) is 50.7 Å². The van der Waals surface area contributed by atoms with Gasteiger partial charge in [-0.3, -0.25) is 4.79 Å².